The third-order valence-corrected chi connectivity index (χ3v) is 2.76. The molecule has 0 amide bonds. The van der Waals surface area contributed by atoms with Crippen molar-refractivity contribution in [2.75, 3.05) is 5.43 Å². The summed E-state index contributed by atoms with van der Waals surface area (Å²) >= 11 is 0. The first-order valence-corrected chi connectivity index (χ1v) is 6.21. The number of nitrogens with zero attached hydrogens (tertiary/aromatic N) is 4. The van der Waals surface area contributed by atoms with Crippen LogP contribution in [0.15, 0.2) is 12.1 Å². The van der Waals surface area contributed by atoms with Gasteiger partial charge in [-0.05, 0) is 19.9 Å². The highest BCUT2D eigenvalue weighted by Crippen LogP contribution is 2.22. The van der Waals surface area contributed by atoms with Crippen LogP contribution in [0.3, 0.4) is 0 Å². The Labute approximate surface area is 113 Å². The first-order valence-electron chi connectivity index (χ1n) is 6.21. The Morgan fingerprint density at radius 3 is 2.32 bits per heavy atom. The number of aryl methyl sites for hydroxylation is 2. The molecule has 0 aromatic carbocycles. The van der Waals surface area contributed by atoms with Gasteiger partial charge in [0.25, 0.3) is 0 Å². The number of nitrogen functional groups attached to an aromatic ring is 1. The van der Waals surface area contributed by atoms with Crippen molar-refractivity contribution in [3.8, 4) is 5.82 Å². The molecule has 0 aliphatic heterocycles. The fraction of sp³-hybridized carbons (Fsp3) is 0.462. The number of nitrogens with one attached hydrogen (secondary N) is 1. The molecule has 2 aromatic heterocycles. The number of anilines is 1. The molecule has 0 fully saturated rings. The van der Waals surface area contributed by atoms with Gasteiger partial charge in [-0.3, -0.25) is 0 Å². The second kappa shape index (κ2) is 4.62. The van der Waals surface area contributed by atoms with E-state index in [1.165, 1.54) is 0 Å². The summed E-state index contributed by atoms with van der Waals surface area (Å²) in [5.74, 6) is 7.52. The summed E-state index contributed by atoms with van der Waals surface area (Å²) in [6.45, 7) is 10.1. The second-order valence-corrected chi connectivity index (χ2v) is 5.67. The normalized spacial score (nSPS) is 11.7. The molecule has 0 unspecified atom stereocenters. The van der Waals surface area contributed by atoms with Crippen LogP contribution in [0.2, 0.25) is 0 Å². The van der Waals surface area contributed by atoms with Gasteiger partial charge >= 0.3 is 0 Å². The van der Waals surface area contributed by atoms with Gasteiger partial charge in [0.05, 0.1) is 5.69 Å². The summed E-state index contributed by atoms with van der Waals surface area (Å²) in [5.41, 5.74) is 4.41. The highest BCUT2D eigenvalue weighted by Gasteiger charge is 2.20. The van der Waals surface area contributed by atoms with Crippen molar-refractivity contribution < 1.29 is 0 Å². The van der Waals surface area contributed by atoms with E-state index in [2.05, 4.69) is 41.3 Å². The van der Waals surface area contributed by atoms with Gasteiger partial charge in [-0.25, -0.2) is 20.5 Å². The maximum atomic E-state index is 5.48. The second-order valence-electron chi connectivity index (χ2n) is 5.67. The molecule has 0 spiro atoms. The molecule has 3 N–H and O–H groups in total. The van der Waals surface area contributed by atoms with E-state index in [-0.39, 0.29) is 5.41 Å². The van der Waals surface area contributed by atoms with Crippen LogP contribution >= 0.6 is 0 Å². The Balaban J connectivity index is 2.60. The lowest BCUT2D eigenvalue weighted by molar-refractivity contribution is 0.542. The van der Waals surface area contributed by atoms with Crippen molar-refractivity contribution in [1.82, 2.24) is 19.7 Å². The molecule has 2 rings (SSSR count). The van der Waals surface area contributed by atoms with Gasteiger partial charge in [0.1, 0.15) is 11.6 Å². The summed E-state index contributed by atoms with van der Waals surface area (Å²) < 4.78 is 1.80. The lowest BCUT2D eigenvalue weighted by Gasteiger charge is -2.18. The van der Waals surface area contributed by atoms with Gasteiger partial charge in [-0.15, -0.1) is 0 Å². The molecule has 0 bridgehead atoms. The van der Waals surface area contributed by atoms with Gasteiger partial charge < -0.3 is 5.43 Å². The molecule has 0 radical (unpaired) electrons. The molecule has 2 aromatic rings. The third-order valence-electron chi connectivity index (χ3n) is 2.76. The topological polar surface area (TPSA) is 81.7 Å². The zero-order valence-electron chi connectivity index (χ0n) is 12.0. The van der Waals surface area contributed by atoms with E-state index in [4.69, 9.17) is 5.84 Å². The Morgan fingerprint density at radius 2 is 1.84 bits per heavy atom. The highest BCUT2D eigenvalue weighted by molar-refractivity contribution is 5.42. The number of hydrazine groups is 1. The molecule has 19 heavy (non-hydrogen) atoms. The van der Waals surface area contributed by atoms with Crippen LogP contribution in [0, 0.1) is 13.8 Å². The SMILES string of the molecule is Cc1cc(C)n(-c2cc(NN)nc(C(C)(C)C)n2)n1. The minimum atomic E-state index is -0.155. The first-order chi connectivity index (χ1) is 8.81. The molecule has 0 aliphatic rings. The fourth-order valence-electron chi connectivity index (χ4n) is 1.81. The first kappa shape index (κ1) is 13.5. The lowest BCUT2D eigenvalue weighted by Crippen LogP contribution is -2.20. The van der Waals surface area contributed by atoms with Crippen molar-refractivity contribution in [3.05, 3.63) is 29.3 Å². The number of aromatic nitrogens is 4. The Kier molecular flexibility index (Phi) is 3.28. The minimum absolute atomic E-state index is 0.155. The van der Waals surface area contributed by atoms with Crippen LogP contribution in [-0.2, 0) is 5.41 Å². The zero-order valence-corrected chi connectivity index (χ0v) is 12.0. The van der Waals surface area contributed by atoms with Gasteiger partial charge in [0, 0.05) is 17.2 Å². The molecular weight excluding hydrogens is 240 g/mol. The summed E-state index contributed by atoms with van der Waals surface area (Å²) in [4.78, 5) is 8.99. The smallest absolute Gasteiger partial charge is 0.159 e. The van der Waals surface area contributed by atoms with E-state index in [0.717, 1.165) is 23.0 Å². The quantitative estimate of drug-likeness (QED) is 0.636. The molecule has 0 saturated heterocycles. The van der Waals surface area contributed by atoms with Crippen molar-refractivity contribution in [2.45, 2.75) is 40.0 Å². The monoisotopic (exact) mass is 260 g/mol. The predicted molar refractivity (Wildman–Crippen MR) is 75.1 cm³/mol. The predicted octanol–water partition coefficient (Wildman–Crippen LogP) is 1.86. The molecule has 0 aliphatic carbocycles. The Bertz CT molecular complexity index is 594. The highest BCUT2D eigenvalue weighted by atomic mass is 15.3. The summed E-state index contributed by atoms with van der Waals surface area (Å²) in [6.07, 6.45) is 0. The lowest BCUT2D eigenvalue weighted by atomic mass is 9.96. The largest absolute Gasteiger partial charge is 0.308 e. The average Bonchev–Trinajstić information content (AvgIpc) is 2.66. The van der Waals surface area contributed by atoms with Crippen molar-refractivity contribution >= 4 is 5.82 Å². The fourth-order valence-corrected chi connectivity index (χ4v) is 1.81. The summed E-state index contributed by atoms with van der Waals surface area (Å²) in [6, 6.07) is 3.79. The number of hydrogen-bond acceptors (Lipinski definition) is 5. The van der Waals surface area contributed by atoms with Gasteiger partial charge in [0.2, 0.25) is 0 Å². The van der Waals surface area contributed by atoms with Crippen LogP contribution in [0.1, 0.15) is 38.0 Å². The average molecular weight is 260 g/mol. The molecule has 6 nitrogen and oxygen atoms in total. The van der Waals surface area contributed by atoms with Crippen LogP contribution in [0.25, 0.3) is 5.82 Å². The molecule has 0 atom stereocenters. The number of nitrogens with two attached hydrogens (primary N) is 1. The minimum Gasteiger partial charge on any atom is -0.308 e. The van der Waals surface area contributed by atoms with Gasteiger partial charge in [-0.1, -0.05) is 20.8 Å². The van der Waals surface area contributed by atoms with E-state index < -0.39 is 0 Å². The van der Waals surface area contributed by atoms with Crippen LogP contribution in [0.5, 0.6) is 0 Å². The zero-order chi connectivity index (χ0) is 14.2. The van der Waals surface area contributed by atoms with E-state index in [1.807, 2.05) is 19.9 Å². The van der Waals surface area contributed by atoms with Crippen molar-refractivity contribution in [1.29, 1.82) is 0 Å². The van der Waals surface area contributed by atoms with Crippen LogP contribution in [0.4, 0.5) is 5.82 Å². The van der Waals surface area contributed by atoms with Crippen molar-refractivity contribution in [3.63, 3.8) is 0 Å². The third kappa shape index (κ3) is 2.73. The summed E-state index contributed by atoms with van der Waals surface area (Å²) in [5, 5.41) is 4.44. The van der Waals surface area contributed by atoms with Gasteiger partial charge in [-0.2, -0.15) is 5.10 Å². The van der Waals surface area contributed by atoms with E-state index >= 15 is 0 Å². The van der Waals surface area contributed by atoms with Crippen molar-refractivity contribution in [2.24, 2.45) is 5.84 Å². The molecular formula is C13H20N6. The Morgan fingerprint density at radius 1 is 1.16 bits per heavy atom. The standard InChI is InChI=1S/C13H20N6/c1-8-6-9(2)19(18-8)11-7-10(17-14)15-12(16-11)13(3,4)5/h6-7H,14H2,1-5H3,(H,15,16,17). The van der Waals surface area contributed by atoms with E-state index in [0.29, 0.717) is 5.82 Å². The van der Waals surface area contributed by atoms with Gasteiger partial charge in [0.15, 0.2) is 5.82 Å². The summed E-state index contributed by atoms with van der Waals surface area (Å²) in [7, 11) is 0. The molecule has 0 saturated carbocycles. The Hall–Kier alpha value is -1.95. The van der Waals surface area contributed by atoms with E-state index in [1.54, 1.807) is 10.7 Å². The van der Waals surface area contributed by atoms with E-state index in [9.17, 15) is 0 Å². The number of hydrogen-bond donors (Lipinski definition) is 2. The van der Waals surface area contributed by atoms with Crippen LogP contribution < -0.4 is 11.3 Å². The number of rotatable bonds is 2. The maximum absolute atomic E-state index is 5.48. The molecule has 102 valence electrons. The molecule has 6 heteroatoms. The molecule has 2 heterocycles. The maximum Gasteiger partial charge on any atom is 0.159 e. The van der Waals surface area contributed by atoms with Crippen LogP contribution in [-0.4, -0.2) is 19.7 Å².